The number of esters is 1. The molecular formula is C22H30N2O5. The smallest absolute Gasteiger partial charge is 0.410 e. The Morgan fingerprint density at radius 3 is 2.21 bits per heavy atom. The Kier molecular flexibility index (Phi) is 5.87. The number of carbonyl (C=O) groups excluding carboxylic acids is 3. The number of ether oxygens (including phenoxy) is 2. The van der Waals surface area contributed by atoms with Crippen molar-refractivity contribution < 1.29 is 23.9 Å². The van der Waals surface area contributed by atoms with Gasteiger partial charge in [-0.2, -0.15) is 0 Å². The van der Waals surface area contributed by atoms with E-state index in [2.05, 4.69) is 0 Å². The third-order valence-corrected chi connectivity index (χ3v) is 5.74. The second-order valence-corrected chi connectivity index (χ2v) is 8.99. The van der Waals surface area contributed by atoms with Crippen LogP contribution in [0.25, 0.3) is 0 Å². The first-order valence-electron chi connectivity index (χ1n) is 10.1. The van der Waals surface area contributed by atoms with Gasteiger partial charge in [-0.05, 0) is 69.7 Å². The average Bonchev–Trinajstić information content (AvgIpc) is 2.69. The maximum atomic E-state index is 12.6. The van der Waals surface area contributed by atoms with E-state index in [0.717, 1.165) is 24.9 Å². The van der Waals surface area contributed by atoms with Crippen molar-refractivity contribution in [2.75, 3.05) is 31.6 Å². The van der Waals surface area contributed by atoms with Gasteiger partial charge in [-0.15, -0.1) is 0 Å². The molecule has 2 amide bonds. The molecule has 2 heterocycles. The second kappa shape index (κ2) is 8.05. The predicted octanol–water partition coefficient (Wildman–Crippen LogP) is 3.62. The molecule has 0 bridgehead atoms. The number of rotatable bonds is 2. The largest absolute Gasteiger partial charge is 0.465 e. The minimum absolute atomic E-state index is 0.00738. The van der Waals surface area contributed by atoms with E-state index in [-0.39, 0.29) is 17.4 Å². The molecule has 2 aliphatic heterocycles. The highest BCUT2D eigenvalue weighted by Gasteiger charge is 2.42. The van der Waals surface area contributed by atoms with E-state index in [1.807, 2.05) is 25.7 Å². The summed E-state index contributed by atoms with van der Waals surface area (Å²) in [5, 5.41) is 0. The van der Waals surface area contributed by atoms with Gasteiger partial charge in [0.1, 0.15) is 5.60 Å². The molecule has 2 fully saturated rings. The van der Waals surface area contributed by atoms with Crippen LogP contribution in [0.15, 0.2) is 24.3 Å². The van der Waals surface area contributed by atoms with Crippen molar-refractivity contribution in [3.63, 3.8) is 0 Å². The molecule has 1 spiro atoms. The number of hydrogen-bond donors (Lipinski definition) is 0. The van der Waals surface area contributed by atoms with Crippen LogP contribution in [-0.4, -0.2) is 55.2 Å². The third kappa shape index (κ3) is 4.89. The molecule has 1 aromatic rings. The Morgan fingerprint density at radius 2 is 1.66 bits per heavy atom. The summed E-state index contributed by atoms with van der Waals surface area (Å²) in [5.74, 6) is -0.302. The Bertz CT molecular complexity index is 773. The number of benzene rings is 1. The fraction of sp³-hybridized carbons (Fsp3) is 0.591. The first kappa shape index (κ1) is 21.1. The van der Waals surface area contributed by atoms with Gasteiger partial charge in [-0.25, -0.2) is 9.59 Å². The molecule has 7 heteroatoms. The third-order valence-electron chi connectivity index (χ3n) is 5.74. The molecule has 158 valence electrons. The van der Waals surface area contributed by atoms with E-state index < -0.39 is 11.6 Å². The molecule has 0 N–H and O–H groups in total. The van der Waals surface area contributed by atoms with Crippen molar-refractivity contribution in [1.29, 1.82) is 0 Å². The number of nitrogens with zero attached hydrogens (tertiary/aromatic N) is 2. The quantitative estimate of drug-likeness (QED) is 0.706. The normalized spacial score (nSPS) is 19.2. The van der Waals surface area contributed by atoms with E-state index in [0.29, 0.717) is 31.6 Å². The zero-order valence-corrected chi connectivity index (χ0v) is 17.7. The second-order valence-electron chi connectivity index (χ2n) is 8.99. The predicted molar refractivity (Wildman–Crippen MR) is 109 cm³/mol. The van der Waals surface area contributed by atoms with Crippen LogP contribution in [0.2, 0.25) is 0 Å². The highest BCUT2D eigenvalue weighted by molar-refractivity contribution is 5.95. The van der Waals surface area contributed by atoms with Crippen molar-refractivity contribution in [1.82, 2.24) is 4.90 Å². The molecule has 2 aliphatic rings. The topological polar surface area (TPSA) is 76.2 Å². The van der Waals surface area contributed by atoms with Gasteiger partial charge in [0.15, 0.2) is 0 Å². The van der Waals surface area contributed by atoms with E-state index in [4.69, 9.17) is 9.47 Å². The maximum Gasteiger partial charge on any atom is 0.410 e. The molecule has 2 saturated heterocycles. The lowest BCUT2D eigenvalue weighted by atomic mass is 9.72. The van der Waals surface area contributed by atoms with Crippen LogP contribution in [0, 0.1) is 5.41 Å². The van der Waals surface area contributed by atoms with E-state index in [1.54, 1.807) is 29.2 Å². The Labute approximate surface area is 171 Å². The van der Waals surface area contributed by atoms with E-state index in [9.17, 15) is 14.4 Å². The van der Waals surface area contributed by atoms with E-state index >= 15 is 0 Å². The summed E-state index contributed by atoms with van der Waals surface area (Å²) < 4.78 is 10.2. The highest BCUT2D eigenvalue weighted by atomic mass is 16.6. The molecule has 0 atom stereocenters. The SMILES string of the molecule is COC(=O)c1ccc(N2CC3(CCC2=O)CCN(C(=O)OC(C)(C)C)CC3)cc1. The molecule has 0 aliphatic carbocycles. The van der Waals surface area contributed by atoms with Crippen LogP contribution < -0.4 is 4.90 Å². The average molecular weight is 402 g/mol. The molecule has 0 aromatic heterocycles. The summed E-state index contributed by atoms with van der Waals surface area (Å²) in [6.07, 6.45) is 2.75. The van der Waals surface area contributed by atoms with Crippen LogP contribution in [0.1, 0.15) is 56.8 Å². The number of anilines is 1. The van der Waals surface area contributed by atoms with Crippen LogP contribution in [-0.2, 0) is 14.3 Å². The Hall–Kier alpha value is -2.57. The lowest BCUT2D eigenvalue weighted by Gasteiger charge is -2.47. The summed E-state index contributed by atoms with van der Waals surface area (Å²) >= 11 is 0. The van der Waals surface area contributed by atoms with Gasteiger partial charge < -0.3 is 19.3 Å². The lowest BCUT2D eigenvalue weighted by Crippen LogP contribution is -2.53. The zero-order valence-electron chi connectivity index (χ0n) is 17.7. The molecular weight excluding hydrogens is 372 g/mol. The minimum Gasteiger partial charge on any atom is -0.465 e. The van der Waals surface area contributed by atoms with Crippen molar-refractivity contribution >= 4 is 23.7 Å². The Morgan fingerprint density at radius 1 is 1.03 bits per heavy atom. The Balaban J connectivity index is 1.66. The molecule has 0 saturated carbocycles. The first-order valence-corrected chi connectivity index (χ1v) is 10.1. The van der Waals surface area contributed by atoms with Crippen LogP contribution in [0.3, 0.4) is 0 Å². The molecule has 0 unspecified atom stereocenters. The maximum absolute atomic E-state index is 12.6. The molecule has 0 radical (unpaired) electrons. The molecule has 29 heavy (non-hydrogen) atoms. The molecule has 3 rings (SSSR count). The monoisotopic (exact) mass is 402 g/mol. The van der Waals surface area contributed by atoms with Crippen molar-refractivity contribution in [2.45, 2.75) is 52.1 Å². The fourth-order valence-electron chi connectivity index (χ4n) is 4.04. The van der Waals surface area contributed by atoms with Gasteiger partial charge in [0.05, 0.1) is 12.7 Å². The van der Waals surface area contributed by atoms with Gasteiger partial charge in [-0.3, -0.25) is 4.79 Å². The number of piperidine rings is 2. The summed E-state index contributed by atoms with van der Waals surface area (Å²) in [5.41, 5.74) is 0.752. The van der Waals surface area contributed by atoms with Crippen molar-refractivity contribution in [3.05, 3.63) is 29.8 Å². The first-order chi connectivity index (χ1) is 13.6. The summed E-state index contributed by atoms with van der Waals surface area (Å²) in [6.45, 7) is 7.51. The summed E-state index contributed by atoms with van der Waals surface area (Å²) in [4.78, 5) is 40.1. The summed E-state index contributed by atoms with van der Waals surface area (Å²) in [6, 6.07) is 6.94. The number of methoxy groups -OCH3 is 1. The lowest BCUT2D eigenvalue weighted by molar-refractivity contribution is -0.122. The minimum atomic E-state index is -0.503. The van der Waals surface area contributed by atoms with Crippen LogP contribution in [0.4, 0.5) is 10.5 Å². The molecule has 1 aromatic carbocycles. The van der Waals surface area contributed by atoms with Gasteiger partial charge >= 0.3 is 12.1 Å². The van der Waals surface area contributed by atoms with Crippen molar-refractivity contribution in [3.8, 4) is 0 Å². The fourth-order valence-corrected chi connectivity index (χ4v) is 4.04. The van der Waals surface area contributed by atoms with Gasteiger partial charge in [-0.1, -0.05) is 0 Å². The van der Waals surface area contributed by atoms with Crippen LogP contribution in [0.5, 0.6) is 0 Å². The summed E-state index contributed by atoms with van der Waals surface area (Å²) in [7, 11) is 1.35. The molecule has 7 nitrogen and oxygen atoms in total. The van der Waals surface area contributed by atoms with Gasteiger partial charge in [0.2, 0.25) is 5.91 Å². The highest BCUT2D eigenvalue weighted by Crippen LogP contribution is 2.41. The number of hydrogen-bond acceptors (Lipinski definition) is 5. The van der Waals surface area contributed by atoms with Gasteiger partial charge in [0.25, 0.3) is 0 Å². The number of amides is 2. The van der Waals surface area contributed by atoms with E-state index in [1.165, 1.54) is 7.11 Å². The number of likely N-dealkylation sites (tertiary alicyclic amines) is 1. The number of carbonyl (C=O) groups is 3. The zero-order chi connectivity index (χ0) is 21.2. The van der Waals surface area contributed by atoms with Crippen molar-refractivity contribution in [2.24, 2.45) is 5.41 Å². The standard InChI is InChI=1S/C22H30N2O5/c1-21(2,3)29-20(27)23-13-11-22(12-14-23)10-9-18(25)24(15-22)17-7-5-16(6-8-17)19(26)28-4/h5-8H,9-15H2,1-4H3. The van der Waals surface area contributed by atoms with Gasteiger partial charge in [0, 0.05) is 31.7 Å². The van der Waals surface area contributed by atoms with Crippen LogP contribution >= 0.6 is 0 Å².